The van der Waals surface area contributed by atoms with Gasteiger partial charge in [-0.05, 0) is 45.8 Å². The third-order valence-corrected chi connectivity index (χ3v) is 5.76. The number of nitrogens with zero attached hydrogens (tertiary/aromatic N) is 3. The molecular formula is C20H17Br2N3O2S. The minimum Gasteiger partial charge on any atom is -0.503 e. The zero-order chi connectivity index (χ0) is 20.1. The maximum absolute atomic E-state index is 9.98. The van der Waals surface area contributed by atoms with E-state index in [0.717, 1.165) is 26.1 Å². The molecule has 0 radical (unpaired) electrons. The number of methoxy groups -OCH3 is 1. The van der Waals surface area contributed by atoms with Crippen LogP contribution in [-0.4, -0.2) is 29.7 Å². The Labute approximate surface area is 183 Å². The molecule has 144 valence electrons. The second kappa shape index (κ2) is 9.36. The van der Waals surface area contributed by atoms with Crippen LogP contribution >= 0.6 is 43.2 Å². The van der Waals surface area contributed by atoms with Gasteiger partial charge in [-0.1, -0.05) is 34.1 Å². The van der Waals surface area contributed by atoms with Gasteiger partial charge in [-0.2, -0.15) is 5.10 Å². The Morgan fingerprint density at radius 3 is 2.68 bits per heavy atom. The SMILES string of the molecule is C=CCN=c1scc(-c2ccc(Br)cc2)n1N=Cc1cc(Br)c(O)c(OC)c1. The van der Waals surface area contributed by atoms with Crippen LogP contribution in [0.25, 0.3) is 11.3 Å². The van der Waals surface area contributed by atoms with Gasteiger partial charge in [-0.25, -0.2) is 4.68 Å². The Bertz CT molecular complexity index is 1090. The zero-order valence-corrected chi connectivity index (χ0v) is 19.0. The summed E-state index contributed by atoms with van der Waals surface area (Å²) < 4.78 is 8.55. The van der Waals surface area contributed by atoms with Gasteiger partial charge in [0.25, 0.3) is 0 Å². The molecule has 0 bridgehead atoms. The molecule has 0 aliphatic heterocycles. The molecular weight excluding hydrogens is 506 g/mol. The van der Waals surface area contributed by atoms with E-state index in [1.807, 2.05) is 29.6 Å². The third kappa shape index (κ3) is 4.63. The molecule has 1 aromatic heterocycles. The molecule has 5 nitrogen and oxygen atoms in total. The van der Waals surface area contributed by atoms with E-state index in [1.54, 1.807) is 29.1 Å². The van der Waals surface area contributed by atoms with Crippen molar-refractivity contribution in [1.82, 2.24) is 4.68 Å². The van der Waals surface area contributed by atoms with Crippen molar-refractivity contribution in [2.45, 2.75) is 0 Å². The van der Waals surface area contributed by atoms with Crippen molar-refractivity contribution in [2.24, 2.45) is 10.1 Å². The second-order valence-corrected chi connectivity index (χ2v) is 8.26. The van der Waals surface area contributed by atoms with Crippen molar-refractivity contribution >= 4 is 49.4 Å². The Kier molecular flexibility index (Phi) is 6.88. The predicted octanol–water partition coefficient (Wildman–Crippen LogP) is 5.42. The van der Waals surface area contributed by atoms with E-state index in [0.29, 0.717) is 16.8 Å². The summed E-state index contributed by atoms with van der Waals surface area (Å²) in [5, 5.41) is 16.6. The van der Waals surface area contributed by atoms with Crippen LogP contribution in [0.5, 0.6) is 11.5 Å². The van der Waals surface area contributed by atoms with Gasteiger partial charge in [0.15, 0.2) is 11.5 Å². The average molecular weight is 523 g/mol. The van der Waals surface area contributed by atoms with E-state index in [1.165, 1.54) is 18.4 Å². The van der Waals surface area contributed by atoms with E-state index >= 15 is 0 Å². The summed E-state index contributed by atoms with van der Waals surface area (Å²) in [6.45, 7) is 4.23. The fourth-order valence-electron chi connectivity index (χ4n) is 2.43. The molecule has 0 aliphatic rings. The number of phenols is 1. The highest BCUT2D eigenvalue weighted by Crippen LogP contribution is 2.34. The first-order valence-electron chi connectivity index (χ1n) is 8.22. The maximum atomic E-state index is 9.98. The van der Waals surface area contributed by atoms with Gasteiger partial charge in [-0.3, -0.25) is 4.99 Å². The first-order chi connectivity index (χ1) is 13.5. The molecule has 0 saturated carbocycles. The Balaban J connectivity index is 2.08. The molecule has 0 saturated heterocycles. The van der Waals surface area contributed by atoms with Crippen LogP contribution in [0, 0.1) is 0 Å². The summed E-state index contributed by atoms with van der Waals surface area (Å²) in [5.41, 5.74) is 2.74. The lowest BCUT2D eigenvalue weighted by molar-refractivity contribution is 0.372. The monoisotopic (exact) mass is 521 g/mol. The fraction of sp³-hybridized carbons (Fsp3) is 0.100. The lowest BCUT2D eigenvalue weighted by atomic mass is 10.2. The van der Waals surface area contributed by atoms with E-state index in [2.05, 4.69) is 48.5 Å². The standard InChI is InChI=1S/C20H17Br2N3O2S/c1-3-8-23-20-25(17(12-28-20)14-4-6-15(21)7-5-14)24-11-13-9-16(22)19(26)18(10-13)27-2/h3-7,9-12,26H,1,8H2,2H3. The van der Waals surface area contributed by atoms with Crippen LogP contribution < -0.4 is 9.54 Å². The molecule has 0 atom stereocenters. The number of phenolic OH excluding ortho intramolecular Hbond substituents is 1. The molecule has 28 heavy (non-hydrogen) atoms. The highest BCUT2D eigenvalue weighted by atomic mass is 79.9. The molecule has 3 aromatic rings. The van der Waals surface area contributed by atoms with Crippen molar-refractivity contribution in [3.8, 4) is 22.8 Å². The zero-order valence-electron chi connectivity index (χ0n) is 15.0. The fourth-order valence-corrected chi connectivity index (χ4v) is 4.00. The molecule has 0 amide bonds. The highest BCUT2D eigenvalue weighted by Gasteiger charge is 2.09. The van der Waals surface area contributed by atoms with Gasteiger partial charge < -0.3 is 9.84 Å². The Morgan fingerprint density at radius 1 is 1.25 bits per heavy atom. The first-order valence-corrected chi connectivity index (χ1v) is 10.7. The summed E-state index contributed by atoms with van der Waals surface area (Å²) in [5.74, 6) is 0.427. The Morgan fingerprint density at radius 2 is 2.00 bits per heavy atom. The van der Waals surface area contributed by atoms with Gasteiger partial charge in [0.1, 0.15) is 0 Å². The highest BCUT2D eigenvalue weighted by molar-refractivity contribution is 9.10. The van der Waals surface area contributed by atoms with Crippen LogP contribution in [0.15, 0.2) is 73.5 Å². The smallest absolute Gasteiger partial charge is 0.206 e. The van der Waals surface area contributed by atoms with Crippen LogP contribution in [0.4, 0.5) is 0 Å². The number of hydrogen-bond acceptors (Lipinski definition) is 5. The van der Waals surface area contributed by atoms with E-state index in [4.69, 9.17) is 4.74 Å². The van der Waals surface area contributed by atoms with Crippen LogP contribution in [0.2, 0.25) is 0 Å². The first kappa shape index (κ1) is 20.6. The molecule has 8 heteroatoms. The van der Waals surface area contributed by atoms with Crippen LogP contribution in [0.3, 0.4) is 0 Å². The van der Waals surface area contributed by atoms with Crippen LogP contribution in [0.1, 0.15) is 5.56 Å². The third-order valence-electron chi connectivity index (χ3n) is 3.77. The largest absolute Gasteiger partial charge is 0.503 e. The van der Waals surface area contributed by atoms with Crippen molar-refractivity contribution in [2.75, 3.05) is 13.7 Å². The summed E-state index contributed by atoms with van der Waals surface area (Å²) in [6, 6.07) is 11.5. The van der Waals surface area contributed by atoms with Gasteiger partial charge in [0, 0.05) is 15.4 Å². The molecule has 0 unspecified atom stereocenters. The minimum absolute atomic E-state index is 0.0556. The minimum atomic E-state index is 0.0556. The van der Waals surface area contributed by atoms with Crippen molar-refractivity contribution in [1.29, 1.82) is 0 Å². The molecule has 0 aliphatic carbocycles. The molecule has 0 fully saturated rings. The molecule has 1 N–H and O–H groups in total. The summed E-state index contributed by atoms with van der Waals surface area (Å²) in [7, 11) is 1.51. The number of aromatic nitrogens is 1. The number of aromatic hydroxyl groups is 1. The van der Waals surface area contributed by atoms with Crippen molar-refractivity contribution in [3.05, 3.63) is 73.7 Å². The lowest BCUT2D eigenvalue weighted by Gasteiger charge is -2.07. The summed E-state index contributed by atoms with van der Waals surface area (Å²) in [4.78, 5) is 5.30. The van der Waals surface area contributed by atoms with Crippen molar-refractivity contribution in [3.63, 3.8) is 0 Å². The quantitative estimate of drug-likeness (QED) is 0.347. The molecule has 1 heterocycles. The van der Waals surface area contributed by atoms with Gasteiger partial charge in [0.05, 0.1) is 30.0 Å². The topological polar surface area (TPSA) is 59.1 Å². The van der Waals surface area contributed by atoms with E-state index in [-0.39, 0.29) is 5.75 Å². The number of benzene rings is 2. The lowest BCUT2D eigenvalue weighted by Crippen LogP contribution is -2.12. The summed E-state index contributed by atoms with van der Waals surface area (Å²) in [6.07, 6.45) is 3.45. The number of thiazole rings is 1. The molecule has 2 aromatic carbocycles. The van der Waals surface area contributed by atoms with Crippen LogP contribution in [-0.2, 0) is 0 Å². The summed E-state index contributed by atoms with van der Waals surface area (Å²) >= 11 is 8.31. The van der Waals surface area contributed by atoms with Crippen molar-refractivity contribution < 1.29 is 9.84 Å². The predicted molar refractivity (Wildman–Crippen MR) is 121 cm³/mol. The maximum Gasteiger partial charge on any atom is 0.206 e. The number of ether oxygens (including phenoxy) is 1. The number of halogens is 2. The number of rotatable bonds is 6. The van der Waals surface area contributed by atoms with E-state index < -0.39 is 0 Å². The number of hydrogen-bond donors (Lipinski definition) is 1. The molecule has 0 spiro atoms. The van der Waals surface area contributed by atoms with Gasteiger partial charge in [-0.15, -0.1) is 17.9 Å². The Hall–Kier alpha value is -2.16. The molecule has 3 rings (SSSR count). The average Bonchev–Trinajstić information content (AvgIpc) is 3.10. The second-order valence-electron chi connectivity index (χ2n) is 5.65. The van der Waals surface area contributed by atoms with Gasteiger partial charge in [0.2, 0.25) is 4.80 Å². The van der Waals surface area contributed by atoms with Gasteiger partial charge >= 0.3 is 0 Å². The normalized spacial score (nSPS) is 11.9. The van der Waals surface area contributed by atoms with E-state index in [9.17, 15) is 5.11 Å².